The van der Waals surface area contributed by atoms with E-state index in [9.17, 15) is 0 Å². The molecule has 0 bridgehead atoms. The van der Waals surface area contributed by atoms with Gasteiger partial charge in [0.2, 0.25) is 10.7 Å². The molecule has 0 aliphatic rings. The third-order valence-electron chi connectivity index (χ3n) is 2.32. The molecule has 16 heavy (non-hydrogen) atoms. The largest absolute Gasteiger partial charge is 0.369 e. The second kappa shape index (κ2) is 4.02. The van der Waals surface area contributed by atoms with E-state index in [0.717, 1.165) is 16.7 Å². The van der Waals surface area contributed by atoms with E-state index in [1.165, 1.54) is 0 Å². The standard InChI is InChI=1S/C11H12N4S/c1-6-3-4-7(2)8(5-6)9-13-10(12)15-11(16)14-9/h3-5H,1-2H3,(H3,12,13,14,15,16). The number of anilines is 1. The Morgan fingerprint density at radius 2 is 2.00 bits per heavy atom. The summed E-state index contributed by atoms with van der Waals surface area (Å²) < 4.78 is 0.257. The smallest absolute Gasteiger partial charge is 0.224 e. The van der Waals surface area contributed by atoms with Crippen molar-refractivity contribution in [3.63, 3.8) is 0 Å². The highest BCUT2D eigenvalue weighted by molar-refractivity contribution is 7.71. The van der Waals surface area contributed by atoms with Crippen molar-refractivity contribution in [2.45, 2.75) is 13.8 Å². The number of nitrogen functional groups attached to an aromatic ring is 1. The number of rotatable bonds is 1. The highest BCUT2D eigenvalue weighted by Gasteiger charge is 2.05. The molecule has 5 heteroatoms. The quantitative estimate of drug-likeness (QED) is 0.741. The molecule has 4 nitrogen and oxygen atoms in total. The maximum absolute atomic E-state index is 5.61. The van der Waals surface area contributed by atoms with Gasteiger partial charge in [0, 0.05) is 5.56 Å². The van der Waals surface area contributed by atoms with Gasteiger partial charge in [-0.25, -0.2) is 4.98 Å². The van der Waals surface area contributed by atoms with Crippen LogP contribution in [0.4, 0.5) is 5.95 Å². The van der Waals surface area contributed by atoms with Gasteiger partial charge >= 0.3 is 0 Å². The lowest BCUT2D eigenvalue weighted by atomic mass is 10.1. The van der Waals surface area contributed by atoms with Crippen molar-refractivity contribution in [3.8, 4) is 11.4 Å². The van der Waals surface area contributed by atoms with Crippen LogP contribution in [-0.4, -0.2) is 15.0 Å². The molecule has 0 atom stereocenters. The second-order valence-electron chi connectivity index (χ2n) is 3.68. The molecule has 1 heterocycles. The minimum absolute atomic E-state index is 0.257. The van der Waals surface area contributed by atoms with Crippen molar-refractivity contribution in [2.75, 3.05) is 5.73 Å². The Bertz CT molecular complexity index is 589. The van der Waals surface area contributed by atoms with E-state index in [1.807, 2.05) is 26.0 Å². The zero-order valence-electron chi connectivity index (χ0n) is 9.11. The average molecular weight is 232 g/mol. The summed E-state index contributed by atoms with van der Waals surface area (Å²) in [4.78, 5) is 10.9. The van der Waals surface area contributed by atoms with Gasteiger partial charge in [0.05, 0.1) is 0 Å². The first-order chi connectivity index (χ1) is 7.56. The molecule has 0 fully saturated rings. The number of H-pyrrole nitrogens is 1. The van der Waals surface area contributed by atoms with E-state index < -0.39 is 0 Å². The molecule has 0 saturated heterocycles. The van der Waals surface area contributed by atoms with Crippen LogP contribution in [0.2, 0.25) is 0 Å². The molecule has 0 saturated carbocycles. The molecule has 2 rings (SSSR count). The van der Waals surface area contributed by atoms with Gasteiger partial charge in [-0.15, -0.1) is 0 Å². The highest BCUT2D eigenvalue weighted by atomic mass is 32.1. The van der Waals surface area contributed by atoms with Gasteiger partial charge in [-0.3, -0.25) is 0 Å². The van der Waals surface area contributed by atoms with Crippen LogP contribution < -0.4 is 5.73 Å². The Morgan fingerprint density at radius 3 is 2.69 bits per heavy atom. The van der Waals surface area contributed by atoms with Crippen LogP contribution in [0.5, 0.6) is 0 Å². The predicted molar refractivity (Wildman–Crippen MR) is 66.5 cm³/mol. The molecule has 1 aromatic heterocycles. The zero-order chi connectivity index (χ0) is 11.7. The lowest BCUT2D eigenvalue weighted by molar-refractivity contribution is 1.05. The minimum atomic E-state index is 0.257. The molecule has 2 aromatic rings. The van der Waals surface area contributed by atoms with Crippen LogP contribution in [-0.2, 0) is 0 Å². The van der Waals surface area contributed by atoms with Gasteiger partial charge in [-0.05, 0) is 37.7 Å². The fourth-order valence-electron chi connectivity index (χ4n) is 1.52. The summed E-state index contributed by atoms with van der Waals surface area (Å²) >= 11 is 4.94. The van der Waals surface area contributed by atoms with Crippen molar-refractivity contribution >= 4 is 18.2 Å². The van der Waals surface area contributed by atoms with Crippen molar-refractivity contribution in [1.29, 1.82) is 0 Å². The molecule has 0 unspecified atom stereocenters. The first-order valence-corrected chi connectivity index (χ1v) is 5.28. The van der Waals surface area contributed by atoms with E-state index in [4.69, 9.17) is 18.0 Å². The molecule has 1 aromatic carbocycles. The molecule has 0 radical (unpaired) electrons. The van der Waals surface area contributed by atoms with Crippen molar-refractivity contribution in [2.24, 2.45) is 0 Å². The fraction of sp³-hybridized carbons (Fsp3) is 0.182. The maximum atomic E-state index is 5.61. The summed E-state index contributed by atoms with van der Waals surface area (Å²) in [5.74, 6) is 0.953. The van der Waals surface area contributed by atoms with Gasteiger partial charge in [0.15, 0.2) is 0 Å². The first kappa shape index (κ1) is 10.8. The van der Waals surface area contributed by atoms with Gasteiger partial charge in [-0.2, -0.15) is 4.98 Å². The van der Waals surface area contributed by atoms with Crippen LogP contribution in [0, 0.1) is 18.6 Å². The zero-order valence-corrected chi connectivity index (χ0v) is 9.93. The molecular formula is C11H12N4S. The monoisotopic (exact) mass is 232 g/mol. The first-order valence-electron chi connectivity index (χ1n) is 4.88. The number of nitrogens with two attached hydrogens (primary N) is 1. The van der Waals surface area contributed by atoms with Gasteiger partial charge in [-0.1, -0.05) is 17.7 Å². The van der Waals surface area contributed by atoms with E-state index in [-0.39, 0.29) is 10.7 Å². The topological polar surface area (TPSA) is 67.6 Å². The fourth-order valence-corrected chi connectivity index (χ4v) is 1.71. The normalized spacial score (nSPS) is 10.4. The summed E-state index contributed by atoms with van der Waals surface area (Å²) in [5.41, 5.74) is 8.90. The number of nitrogens with one attached hydrogen (secondary N) is 1. The molecule has 0 spiro atoms. The van der Waals surface area contributed by atoms with E-state index in [0.29, 0.717) is 5.82 Å². The summed E-state index contributed by atoms with van der Waals surface area (Å²) in [6.07, 6.45) is 0. The summed E-state index contributed by atoms with van der Waals surface area (Å²) in [7, 11) is 0. The predicted octanol–water partition coefficient (Wildman–Crippen LogP) is 2.40. The number of aromatic amines is 1. The number of hydrogen-bond acceptors (Lipinski definition) is 4. The van der Waals surface area contributed by atoms with Crippen LogP contribution in [0.25, 0.3) is 11.4 Å². The molecule has 0 amide bonds. The number of hydrogen-bond donors (Lipinski definition) is 2. The van der Waals surface area contributed by atoms with E-state index in [1.54, 1.807) is 0 Å². The van der Waals surface area contributed by atoms with Gasteiger partial charge in [0.1, 0.15) is 5.82 Å². The van der Waals surface area contributed by atoms with Gasteiger partial charge < -0.3 is 10.7 Å². The molecule has 0 aliphatic carbocycles. The Hall–Kier alpha value is -1.75. The number of nitrogens with zero attached hydrogens (tertiary/aromatic N) is 2. The molecule has 82 valence electrons. The Labute approximate surface area is 98.6 Å². The molecule has 3 N–H and O–H groups in total. The molecule has 0 aliphatic heterocycles. The van der Waals surface area contributed by atoms with Crippen LogP contribution >= 0.6 is 12.2 Å². The van der Waals surface area contributed by atoms with Crippen LogP contribution in [0.3, 0.4) is 0 Å². The summed E-state index contributed by atoms with van der Waals surface area (Å²) in [5, 5.41) is 0. The number of benzene rings is 1. The molecular weight excluding hydrogens is 220 g/mol. The highest BCUT2D eigenvalue weighted by Crippen LogP contribution is 2.21. The Kier molecular flexibility index (Phi) is 2.70. The Balaban J connectivity index is 2.66. The van der Waals surface area contributed by atoms with Crippen molar-refractivity contribution < 1.29 is 0 Å². The van der Waals surface area contributed by atoms with Crippen molar-refractivity contribution in [3.05, 3.63) is 34.1 Å². The number of aromatic nitrogens is 3. The summed E-state index contributed by atoms with van der Waals surface area (Å²) in [6, 6.07) is 6.14. The number of aryl methyl sites for hydroxylation is 2. The SMILES string of the molecule is Cc1ccc(C)c(-c2nc(=S)nc(N)[nH]2)c1. The average Bonchev–Trinajstić information content (AvgIpc) is 2.20. The Morgan fingerprint density at radius 1 is 1.25 bits per heavy atom. The van der Waals surface area contributed by atoms with E-state index >= 15 is 0 Å². The van der Waals surface area contributed by atoms with Crippen LogP contribution in [0.15, 0.2) is 18.2 Å². The third kappa shape index (κ3) is 2.09. The lowest BCUT2D eigenvalue weighted by Crippen LogP contribution is -2.00. The van der Waals surface area contributed by atoms with Crippen LogP contribution in [0.1, 0.15) is 11.1 Å². The lowest BCUT2D eigenvalue weighted by Gasteiger charge is -2.06. The minimum Gasteiger partial charge on any atom is -0.369 e. The van der Waals surface area contributed by atoms with Crippen molar-refractivity contribution in [1.82, 2.24) is 15.0 Å². The van der Waals surface area contributed by atoms with E-state index in [2.05, 4.69) is 21.0 Å². The maximum Gasteiger partial charge on any atom is 0.224 e. The second-order valence-corrected chi connectivity index (χ2v) is 4.05. The third-order valence-corrected chi connectivity index (χ3v) is 2.50. The van der Waals surface area contributed by atoms with Gasteiger partial charge in [0.25, 0.3) is 0 Å². The summed E-state index contributed by atoms with van der Waals surface area (Å²) in [6.45, 7) is 4.05.